The van der Waals surface area contributed by atoms with E-state index in [-0.39, 0.29) is 35.6 Å². The molecule has 3 aliphatic rings. The number of amides is 2. The Balaban J connectivity index is 1.24. The SMILES string of the molecule is CC(C)(C)[Si](OCC1=C2B(O)O[C@H](c3ccc(O)c4ccccc34)C[C@H]2[C@H]2C(=O)N(c3ccccc3)C(=O)[C@H]2C1)(c1ccccc1)c1ccccc1. The smallest absolute Gasteiger partial charge is 0.487 e. The monoisotopic (exact) mass is 707 g/mol. The van der Waals surface area contributed by atoms with Crippen LogP contribution in [0.2, 0.25) is 5.04 Å². The van der Waals surface area contributed by atoms with Crippen LogP contribution in [0, 0.1) is 17.8 Å². The van der Waals surface area contributed by atoms with E-state index in [1.54, 1.807) is 18.2 Å². The summed E-state index contributed by atoms with van der Waals surface area (Å²) < 4.78 is 13.9. The molecule has 0 spiro atoms. The van der Waals surface area contributed by atoms with Gasteiger partial charge in [-0.05, 0) is 74.4 Å². The molecule has 0 bridgehead atoms. The summed E-state index contributed by atoms with van der Waals surface area (Å²) >= 11 is 0. The third-order valence-electron chi connectivity index (χ3n) is 11.4. The van der Waals surface area contributed by atoms with Crippen molar-refractivity contribution in [2.45, 2.75) is 44.8 Å². The minimum atomic E-state index is -2.99. The lowest BCUT2D eigenvalue weighted by Crippen LogP contribution is -2.66. The second-order valence-corrected chi connectivity index (χ2v) is 19.5. The highest BCUT2D eigenvalue weighted by Crippen LogP contribution is 2.53. The van der Waals surface area contributed by atoms with Gasteiger partial charge in [-0.3, -0.25) is 14.5 Å². The van der Waals surface area contributed by atoms with Gasteiger partial charge in [0.1, 0.15) is 5.75 Å². The summed E-state index contributed by atoms with van der Waals surface area (Å²) in [7, 11) is -4.30. The lowest BCUT2D eigenvalue weighted by atomic mass is 9.55. The quantitative estimate of drug-likeness (QED) is 0.144. The Hall–Kier alpha value is -4.80. The number of allylic oxidation sites excluding steroid dienone is 1. The summed E-state index contributed by atoms with van der Waals surface area (Å²) in [5, 5.41) is 26.1. The van der Waals surface area contributed by atoms with Crippen LogP contribution in [0.3, 0.4) is 0 Å². The Morgan fingerprint density at radius 1 is 0.769 bits per heavy atom. The van der Waals surface area contributed by atoms with Crippen molar-refractivity contribution in [1.82, 2.24) is 0 Å². The number of benzene rings is 5. The first-order valence-corrected chi connectivity index (χ1v) is 19.9. The number of carbonyl (C=O) groups excluding carboxylic acids is 2. The van der Waals surface area contributed by atoms with Crippen LogP contribution in [0.5, 0.6) is 5.75 Å². The topological polar surface area (TPSA) is 96.3 Å². The third kappa shape index (κ3) is 5.55. The van der Waals surface area contributed by atoms with Crippen molar-refractivity contribution in [2.24, 2.45) is 17.8 Å². The largest absolute Gasteiger partial charge is 0.507 e. The molecule has 1 aliphatic carbocycles. The Morgan fingerprint density at radius 3 is 1.96 bits per heavy atom. The standard InChI is InChI=1S/C43H42BNO6Si/c1-43(2,3)52(30-17-9-5-10-18-30,31-19-11-6-12-20-31)50-27-28-25-36-39(42(48)45(41(36)47)29-15-7-4-8-16-29)35-26-38(51-44(49)40(28)35)34-23-24-37(46)33-22-14-13-21-32(33)34/h4-24,35-36,38-39,46,49H,25-27H2,1-3H3/t35-,36-,38-,39+/m0/s1. The molecule has 0 radical (unpaired) electrons. The van der Waals surface area contributed by atoms with Gasteiger partial charge < -0.3 is 19.2 Å². The van der Waals surface area contributed by atoms with Crippen molar-refractivity contribution >= 4 is 54.1 Å². The average Bonchev–Trinajstić information content (AvgIpc) is 3.41. The van der Waals surface area contributed by atoms with E-state index in [1.165, 1.54) is 4.90 Å². The summed E-state index contributed by atoms with van der Waals surface area (Å²) in [5.74, 6) is -2.06. The zero-order valence-electron chi connectivity index (χ0n) is 29.6. The van der Waals surface area contributed by atoms with Gasteiger partial charge in [-0.25, -0.2) is 0 Å². The highest BCUT2D eigenvalue weighted by atomic mass is 28.4. The molecule has 5 aromatic carbocycles. The molecule has 4 atom stereocenters. The number of nitrogens with zero attached hydrogens (tertiary/aromatic N) is 1. The van der Waals surface area contributed by atoms with Gasteiger partial charge >= 0.3 is 7.12 Å². The van der Waals surface area contributed by atoms with Crippen LogP contribution in [0.25, 0.3) is 10.8 Å². The van der Waals surface area contributed by atoms with Gasteiger partial charge in [-0.1, -0.05) is 130 Å². The Bertz CT molecular complexity index is 2130. The lowest BCUT2D eigenvalue weighted by molar-refractivity contribution is -0.123. The summed E-state index contributed by atoms with van der Waals surface area (Å²) in [6, 6.07) is 40.9. The number of imide groups is 1. The normalized spacial score (nSPS) is 22.2. The molecule has 0 unspecified atom stereocenters. The van der Waals surface area contributed by atoms with E-state index in [9.17, 15) is 19.7 Å². The number of rotatable bonds is 7. The van der Waals surface area contributed by atoms with E-state index in [2.05, 4.69) is 45.0 Å². The second-order valence-electron chi connectivity index (χ2n) is 15.2. The summed E-state index contributed by atoms with van der Waals surface area (Å²) in [6.07, 6.45) is 0.0863. The Labute approximate surface area is 305 Å². The molecule has 7 nitrogen and oxygen atoms in total. The van der Waals surface area contributed by atoms with Gasteiger partial charge in [0.2, 0.25) is 11.8 Å². The number of carbonyl (C=O) groups is 2. The van der Waals surface area contributed by atoms with E-state index in [1.807, 2.05) is 84.9 Å². The molecule has 262 valence electrons. The van der Waals surface area contributed by atoms with Crippen molar-refractivity contribution in [3.63, 3.8) is 0 Å². The molecule has 2 aliphatic heterocycles. The van der Waals surface area contributed by atoms with Crippen LogP contribution >= 0.6 is 0 Å². The number of aromatic hydroxyl groups is 1. The van der Waals surface area contributed by atoms with Crippen LogP contribution in [-0.2, 0) is 18.7 Å². The molecular weight excluding hydrogens is 665 g/mol. The van der Waals surface area contributed by atoms with E-state index < -0.39 is 39.3 Å². The Morgan fingerprint density at radius 2 is 1.35 bits per heavy atom. The summed E-state index contributed by atoms with van der Waals surface area (Å²) in [4.78, 5) is 30.1. The van der Waals surface area contributed by atoms with Crippen molar-refractivity contribution in [2.75, 3.05) is 11.5 Å². The Kier molecular flexibility index (Phi) is 8.78. The number of hydrogen-bond donors (Lipinski definition) is 2. The first-order valence-electron chi connectivity index (χ1n) is 18.0. The summed E-state index contributed by atoms with van der Waals surface area (Å²) in [5.41, 5.74) is 2.83. The molecule has 2 amide bonds. The fourth-order valence-electron chi connectivity index (χ4n) is 9.12. The molecule has 2 N–H and O–H groups in total. The van der Waals surface area contributed by atoms with Gasteiger partial charge in [0, 0.05) is 5.39 Å². The van der Waals surface area contributed by atoms with E-state index >= 15 is 0 Å². The first-order chi connectivity index (χ1) is 25.1. The molecular formula is C43H42BNO6Si. The van der Waals surface area contributed by atoms with Gasteiger partial charge in [0.15, 0.2) is 0 Å². The fraction of sp³-hybridized carbons (Fsp3) is 0.256. The third-order valence-corrected chi connectivity index (χ3v) is 16.4. The number of phenols is 1. The average molecular weight is 708 g/mol. The molecule has 2 saturated heterocycles. The van der Waals surface area contributed by atoms with Gasteiger partial charge in [0.25, 0.3) is 8.32 Å². The van der Waals surface area contributed by atoms with Crippen molar-refractivity contribution in [3.8, 4) is 5.75 Å². The van der Waals surface area contributed by atoms with Crippen molar-refractivity contribution in [1.29, 1.82) is 0 Å². The minimum Gasteiger partial charge on any atom is -0.507 e. The predicted octanol–water partition coefficient (Wildman–Crippen LogP) is 6.73. The first kappa shape index (κ1) is 34.3. The predicted molar refractivity (Wildman–Crippen MR) is 207 cm³/mol. The molecule has 2 fully saturated rings. The number of para-hydroxylation sites is 1. The number of fused-ring (bicyclic) bond motifs is 4. The molecule has 9 heteroatoms. The van der Waals surface area contributed by atoms with Gasteiger partial charge in [0.05, 0.1) is 30.2 Å². The van der Waals surface area contributed by atoms with Crippen LogP contribution in [0.4, 0.5) is 5.69 Å². The fourth-order valence-corrected chi connectivity index (χ4v) is 13.7. The van der Waals surface area contributed by atoms with E-state index in [0.29, 0.717) is 23.0 Å². The van der Waals surface area contributed by atoms with Gasteiger partial charge in [-0.2, -0.15) is 0 Å². The second kappa shape index (κ2) is 13.3. The molecule has 52 heavy (non-hydrogen) atoms. The highest BCUT2D eigenvalue weighted by Gasteiger charge is 2.59. The molecule has 0 aromatic heterocycles. The number of hydrogen-bond acceptors (Lipinski definition) is 6. The van der Waals surface area contributed by atoms with Gasteiger partial charge in [-0.15, -0.1) is 0 Å². The maximum absolute atomic E-state index is 14.4. The highest BCUT2D eigenvalue weighted by molar-refractivity contribution is 6.99. The molecule has 8 rings (SSSR count). The van der Waals surface area contributed by atoms with Crippen LogP contribution in [0.1, 0.15) is 45.3 Å². The zero-order valence-corrected chi connectivity index (χ0v) is 30.6. The number of anilines is 1. The van der Waals surface area contributed by atoms with Crippen molar-refractivity contribution < 1.29 is 28.8 Å². The molecule has 0 saturated carbocycles. The van der Waals surface area contributed by atoms with Crippen LogP contribution < -0.4 is 15.3 Å². The minimum absolute atomic E-state index is 0.159. The van der Waals surface area contributed by atoms with Crippen LogP contribution in [0.15, 0.2) is 138 Å². The maximum Gasteiger partial charge on any atom is 0.487 e. The number of phenolic OH excluding ortho intramolecular Hbond substituents is 1. The zero-order chi connectivity index (χ0) is 36.2. The summed E-state index contributed by atoms with van der Waals surface area (Å²) in [6.45, 7) is 6.85. The molecule has 2 heterocycles. The van der Waals surface area contributed by atoms with Crippen molar-refractivity contribution in [3.05, 3.63) is 144 Å². The van der Waals surface area contributed by atoms with Crippen LogP contribution in [-0.4, -0.2) is 44.0 Å². The van der Waals surface area contributed by atoms with E-state index in [0.717, 1.165) is 26.9 Å². The molecule has 5 aromatic rings. The van der Waals surface area contributed by atoms with E-state index in [4.69, 9.17) is 9.08 Å². The lowest BCUT2D eigenvalue weighted by Gasteiger charge is -2.45. The maximum atomic E-state index is 14.4.